The minimum Gasteiger partial charge on any atom is -0.444 e. The van der Waals surface area contributed by atoms with Crippen LogP contribution in [0.5, 0.6) is 0 Å². The van der Waals surface area contributed by atoms with Gasteiger partial charge in [-0.05, 0) is 88.5 Å². The van der Waals surface area contributed by atoms with Gasteiger partial charge < -0.3 is 20.3 Å². The van der Waals surface area contributed by atoms with Crippen molar-refractivity contribution in [3.63, 3.8) is 0 Å². The Bertz CT molecular complexity index is 1140. The Morgan fingerprint density at radius 1 is 1.00 bits per heavy atom. The number of nitrogens with zero attached hydrogens (tertiary/aromatic N) is 1. The smallest absolute Gasteiger partial charge is 0.408 e. The first kappa shape index (κ1) is 30.2. The molecular weight excluding hydrogens is 490 g/mol. The molecule has 1 aliphatic rings. The summed E-state index contributed by atoms with van der Waals surface area (Å²) in [5.41, 5.74) is 3.13. The van der Waals surface area contributed by atoms with Crippen molar-refractivity contribution in [1.29, 1.82) is 0 Å². The molecule has 0 heterocycles. The number of rotatable bonds is 10. The number of nitrogens with one attached hydrogen (secondary N) is 2. The summed E-state index contributed by atoms with van der Waals surface area (Å²) in [6, 6.07) is 13.9. The summed E-state index contributed by atoms with van der Waals surface area (Å²) < 4.78 is 5.50. The number of alkyl carbamates (subject to hydrolysis) is 1. The van der Waals surface area contributed by atoms with Crippen LogP contribution in [0, 0.1) is 19.8 Å². The van der Waals surface area contributed by atoms with Crippen molar-refractivity contribution in [3.8, 4) is 0 Å². The van der Waals surface area contributed by atoms with Gasteiger partial charge in [-0.3, -0.25) is 9.59 Å². The molecule has 1 aliphatic carbocycles. The van der Waals surface area contributed by atoms with Crippen molar-refractivity contribution < 1.29 is 19.1 Å². The molecule has 0 aromatic heterocycles. The van der Waals surface area contributed by atoms with Crippen molar-refractivity contribution in [3.05, 3.63) is 70.8 Å². The van der Waals surface area contributed by atoms with Crippen molar-refractivity contribution in [1.82, 2.24) is 15.5 Å². The highest BCUT2D eigenvalue weighted by Gasteiger charge is 2.42. The van der Waals surface area contributed by atoms with Crippen LogP contribution in [-0.4, -0.2) is 40.5 Å². The second-order valence-corrected chi connectivity index (χ2v) is 12.1. The SMILES string of the molecule is Cc1cccc(C(C(=O)NCc2ccccc2)N(C(=O)C(CC(C)C)NC(=O)OC(C)(C)C)C2CCC2)c1C. The highest BCUT2D eigenvalue weighted by atomic mass is 16.6. The maximum atomic E-state index is 14.4. The first-order chi connectivity index (χ1) is 18.4. The molecule has 0 spiro atoms. The van der Waals surface area contributed by atoms with Crippen LogP contribution in [0.4, 0.5) is 4.79 Å². The molecule has 2 aromatic carbocycles. The number of ether oxygens (including phenoxy) is 1. The largest absolute Gasteiger partial charge is 0.444 e. The van der Waals surface area contributed by atoms with E-state index < -0.39 is 23.8 Å². The number of aryl methyl sites for hydroxylation is 1. The lowest BCUT2D eigenvalue weighted by molar-refractivity contribution is -0.147. The Morgan fingerprint density at radius 2 is 1.67 bits per heavy atom. The molecule has 2 aromatic rings. The first-order valence-corrected chi connectivity index (χ1v) is 14.1. The first-order valence-electron chi connectivity index (χ1n) is 14.1. The third-order valence-corrected chi connectivity index (χ3v) is 7.20. The summed E-state index contributed by atoms with van der Waals surface area (Å²) >= 11 is 0. The van der Waals surface area contributed by atoms with Crippen LogP contribution < -0.4 is 10.6 Å². The van der Waals surface area contributed by atoms with Crippen molar-refractivity contribution in [2.24, 2.45) is 5.92 Å². The van der Waals surface area contributed by atoms with Gasteiger partial charge in [-0.2, -0.15) is 0 Å². The van der Waals surface area contributed by atoms with Crippen LogP contribution in [-0.2, 0) is 20.9 Å². The normalized spacial score (nSPS) is 15.2. The van der Waals surface area contributed by atoms with Gasteiger partial charge in [0.2, 0.25) is 11.8 Å². The molecule has 2 unspecified atom stereocenters. The summed E-state index contributed by atoms with van der Waals surface area (Å²) in [6.07, 6.45) is 2.44. The van der Waals surface area contributed by atoms with E-state index in [0.29, 0.717) is 13.0 Å². The molecule has 0 bridgehead atoms. The van der Waals surface area contributed by atoms with Crippen LogP contribution in [0.25, 0.3) is 0 Å². The van der Waals surface area contributed by atoms with E-state index in [1.54, 1.807) is 25.7 Å². The monoisotopic (exact) mass is 535 g/mol. The van der Waals surface area contributed by atoms with Crippen LogP contribution in [0.3, 0.4) is 0 Å². The minimum atomic E-state index is -0.818. The zero-order chi connectivity index (χ0) is 28.7. The average Bonchev–Trinajstić information content (AvgIpc) is 2.82. The van der Waals surface area contributed by atoms with Crippen LogP contribution in [0.15, 0.2) is 48.5 Å². The summed E-state index contributed by atoms with van der Waals surface area (Å²) in [6.45, 7) is 13.8. The molecule has 0 aliphatic heterocycles. The van der Waals surface area contributed by atoms with Crippen LogP contribution in [0.2, 0.25) is 0 Å². The number of carbonyl (C=O) groups is 3. The summed E-state index contributed by atoms with van der Waals surface area (Å²) in [5.74, 6) is -0.336. The molecule has 1 fully saturated rings. The van der Waals surface area contributed by atoms with Gasteiger partial charge in [0.05, 0.1) is 0 Å². The van der Waals surface area contributed by atoms with Crippen molar-refractivity contribution in [2.75, 3.05) is 0 Å². The predicted molar refractivity (Wildman–Crippen MR) is 154 cm³/mol. The molecular formula is C32H45N3O4. The summed E-state index contributed by atoms with van der Waals surface area (Å²) in [4.78, 5) is 42.9. The maximum Gasteiger partial charge on any atom is 0.408 e. The molecule has 2 N–H and O–H groups in total. The van der Waals surface area contributed by atoms with E-state index in [1.165, 1.54) is 0 Å². The van der Waals surface area contributed by atoms with Gasteiger partial charge in [-0.15, -0.1) is 0 Å². The van der Waals surface area contributed by atoms with Crippen LogP contribution >= 0.6 is 0 Å². The second-order valence-electron chi connectivity index (χ2n) is 12.1. The maximum absolute atomic E-state index is 14.4. The number of hydrogen-bond donors (Lipinski definition) is 2. The zero-order valence-corrected chi connectivity index (χ0v) is 24.5. The van der Waals surface area contributed by atoms with Gasteiger partial charge in [0.1, 0.15) is 17.7 Å². The van der Waals surface area contributed by atoms with E-state index in [4.69, 9.17) is 4.74 Å². The lowest BCUT2D eigenvalue weighted by Crippen LogP contribution is -2.57. The van der Waals surface area contributed by atoms with Crippen LogP contribution in [0.1, 0.15) is 88.6 Å². The lowest BCUT2D eigenvalue weighted by Gasteiger charge is -2.44. The lowest BCUT2D eigenvalue weighted by atomic mass is 9.86. The highest BCUT2D eigenvalue weighted by Crippen LogP contribution is 2.36. The molecule has 2 atom stereocenters. The molecule has 39 heavy (non-hydrogen) atoms. The standard InChI is InChI=1S/C32H45N3O4/c1-21(2)19-27(34-31(38)39-32(5,6)7)30(37)35(25-16-12-17-25)28(26-18-11-13-22(3)23(26)4)29(36)33-20-24-14-9-8-10-15-24/h8-11,13-15,18,21,25,27-28H,12,16-17,19-20H2,1-7H3,(H,33,36)(H,34,38). The van der Waals surface area contributed by atoms with E-state index in [0.717, 1.165) is 41.5 Å². The van der Waals surface area contributed by atoms with Gasteiger partial charge in [0.25, 0.3) is 0 Å². The average molecular weight is 536 g/mol. The Hall–Kier alpha value is -3.35. The summed E-state index contributed by atoms with van der Waals surface area (Å²) in [5, 5.41) is 5.92. The quantitative estimate of drug-likeness (QED) is 0.392. The summed E-state index contributed by atoms with van der Waals surface area (Å²) in [7, 11) is 0. The molecule has 3 amide bonds. The van der Waals surface area contributed by atoms with E-state index in [1.807, 2.05) is 76.2 Å². The fraction of sp³-hybridized carbons (Fsp3) is 0.531. The van der Waals surface area contributed by atoms with Gasteiger partial charge in [-0.25, -0.2) is 4.79 Å². The Morgan fingerprint density at radius 3 is 2.23 bits per heavy atom. The van der Waals surface area contributed by atoms with Gasteiger partial charge in [0, 0.05) is 12.6 Å². The zero-order valence-electron chi connectivity index (χ0n) is 24.5. The van der Waals surface area contributed by atoms with Crippen molar-refractivity contribution in [2.45, 2.75) is 104 Å². The molecule has 3 rings (SSSR count). The topological polar surface area (TPSA) is 87.7 Å². The third-order valence-electron chi connectivity index (χ3n) is 7.20. The highest BCUT2D eigenvalue weighted by molar-refractivity contribution is 5.92. The molecule has 7 heteroatoms. The molecule has 0 saturated heterocycles. The second kappa shape index (κ2) is 13.1. The molecule has 212 valence electrons. The van der Waals surface area contributed by atoms with Gasteiger partial charge in [0.15, 0.2) is 0 Å². The van der Waals surface area contributed by atoms with Gasteiger partial charge in [-0.1, -0.05) is 62.4 Å². The Labute approximate surface area is 233 Å². The Kier molecular flexibility index (Phi) is 10.2. The van der Waals surface area contributed by atoms with Gasteiger partial charge >= 0.3 is 6.09 Å². The van der Waals surface area contributed by atoms with E-state index >= 15 is 0 Å². The van der Waals surface area contributed by atoms with E-state index in [2.05, 4.69) is 10.6 Å². The molecule has 7 nitrogen and oxygen atoms in total. The number of amides is 3. The number of carbonyl (C=O) groups excluding carboxylic acids is 3. The molecule has 0 radical (unpaired) electrons. The number of hydrogen-bond acceptors (Lipinski definition) is 4. The van der Waals surface area contributed by atoms with E-state index in [9.17, 15) is 14.4 Å². The minimum absolute atomic E-state index is 0.0833. The Balaban J connectivity index is 2.01. The fourth-order valence-electron chi connectivity index (χ4n) is 4.87. The third kappa shape index (κ3) is 8.32. The van der Waals surface area contributed by atoms with Crippen molar-refractivity contribution >= 4 is 17.9 Å². The molecule has 1 saturated carbocycles. The fourth-order valence-corrected chi connectivity index (χ4v) is 4.87. The predicted octanol–water partition coefficient (Wildman–Crippen LogP) is 5.98. The number of benzene rings is 2. The van der Waals surface area contributed by atoms with E-state index in [-0.39, 0.29) is 23.8 Å².